The second-order valence-electron chi connectivity index (χ2n) is 34.7. The van der Waals surface area contributed by atoms with Crippen LogP contribution in [-0.4, -0.2) is 94.3 Å². The Kier molecular flexibility index (Phi) is 19.7. The minimum Gasteiger partial charge on any atom is -0.307 e. The van der Waals surface area contributed by atoms with E-state index in [0.29, 0.717) is 75.1 Å². The lowest BCUT2D eigenvalue weighted by Gasteiger charge is -2.47. The van der Waals surface area contributed by atoms with E-state index in [1.807, 2.05) is 229 Å². The lowest BCUT2D eigenvalue weighted by Crippen LogP contribution is -2.60. The first-order valence-corrected chi connectivity index (χ1v) is 42.8. The van der Waals surface area contributed by atoms with Gasteiger partial charge in [-0.3, -0.25) is 53.4 Å². The molecule has 8 aliphatic rings. The third kappa shape index (κ3) is 13.2. The minimum atomic E-state index is -0.764. The quantitative estimate of drug-likeness (QED) is 0.111. The molecule has 19 nitrogen and oxygen atoms in total. The SMILES string of the molecule is CN1CCC12C(=O)N(Cc1c(F)cc(-c3cccc4nn(C)cc34)cc1F)c1ccccc12.Cn1cc2c(-c3cc(F)c(CN4C(=O)C5(CCN5)c5ccccc54)c(F)c3)cccc2n1.Cn1cc2cc(-c3cc(F)c(CN4C(=O)C5(CCC5)c5ccccc54)c(F)c3)ccc2n1.Cn1cc2cc(-c3cc(F)c(CN4C(=O)C5(CCN5)c5ccccc54)c(F)c3)ccc2n1. The summed E-state index contributed by atoms with van der Waals surface area (Å²) in [5.74, 6) is -5.80. The number of aromatic nitrogens is 8. The average molecular weight is 1730 g/mol. The van der Waals surface area contributed by atoms with Gasteiger partial charge < -0.3 is 19.6 Å². The molecule has 4 spiro atoms. The van der Waals surface area contributed by atoms with Crippen LogP contribution in [0.25, 0.3) is 88.1 Å². The second kappa shape index (κ2) is 31.0. The Morgan fingerprint density at radius 1 is 0.318 bits per heavy atom. The molecular formula is C102H83F8N15O4. The molecule has 16 aromatic rings. The summed E-state index contributed by atoms with van der Waals surface area (Å²) in [6.45, 7) is 1.72. The van der Waals surface area contributed by atoms with E-state index < -0.39 is 68.6 Å². The number of nitrogens with zero attached hydrogens (tertiary/aromatic N) is 13. The number of carbonyl (C=O) groups is 4. The number of nitrogens with one attached hydrogen (secondary N) is 2. The molecule has 1 aliphatic carbocycles. The molecule has 11 heterocycles. The van der Waals surface area contributed by atoms with Gasteiger partial charge in [-0.15, -0.1) is 0 Å². The summed E-state index contributed by atoms with van der Waals surface area (Å²) in [7, 11) is 9.19. The van der Waals surface area contributed by atoms with Crippen molar-refractivity contribution in [3.05, 3.63) is 334 Å². The van der Waals surface area contributed by atoms with Gasteiger partial charge in [0.05, 0.1) is 53.7 Å². The van der Waals surface area contributed by atoms with Gasteiger partial charge in [0, 0.05) is 143 Å². The number of halogens is 8. The number of hydrogen-bond donors (Lipinski definition) is 2. The Hall–Kier alpha value is -14.3. The molecule has 3 unspecified atom stereocenters. The first-order valence-electron chi connectivity index (χ1n) is 42.8. The largest absolute Gasteiger partial charge is 0.307 e. The molecule has 646 valence electrons. The molecule has 4 fully saturated rings. The predicted molar refractivity (Wildman–Crippen MR) is 478 cm³/mol. The predicted octanol–water partition coefficient (Wildman–Crippen LogP) is 18.6. The molecule has 129 heavy (non-hydrogen) atoms. The van der Waals surface area contributed by atoms with Crippen molar-refractivity contribution < 1.29 is 54.3 Å². The zero-order chi connectivity index (χ0) is 89.0. The highest BCUT2D eigenvalue weighted by Crippen LogP contribution is 2.56. The van der Waals surface area contributed by atoms with E-state index in [2.05, 4.69) is 31.0 Å². The molecule has 0 bridgehead atoms. The molecule has 0 radical (unpaired) electrons. The standard InChI is InChI=1S/C26H22F2N4O.C26H21F2N3O.2C25H20F2N4O/c1-30-11-10-26(30)20-7-3-4-9-24(20)32(25(26)33)15-19-21(27)12-16(13-22(19)28)17-6-5-8-23-18(17)14-31(2)29-23;1-30-14-18-11-16(7-8-23(18)29-30)17-12-21(27)19(22(28)13-17)15-31-24-6-3-2-5-20(24)26(25(31)32)9-4-10-26;1-30-13-17-16(5-4-7-22(17)29-30)15-11-20(26)18(21(27)12-15)14-31-23-8-3-2-6-19(23)25(24(31)32)9-10-28-25;1-30-13-17-10-15(6-7-22(17)29-30)16-11-20(26)18(21(27)12-16)14-31-23-5-3-2-4-19(23)25(24(31)32)8-9-28-25/h3-9,12-14H,10-11,15H2,1-2H3;2-3,5-8,11-14H,4,9-10,15H2,1H3;2-8,11-13,28H,9-10,14H2,1H3;2-7,10-13,28H,8-9,14H2,1H3. The first kappa shape index (κ1) is 81.7. The van der Waals surface area contributed by atoms with Crippen molar-refractivity contribution >= 4 is 90.0 Å². The number of anilines is 4. The zero-order valence-corrected chi connectivity index (χ0v) is 70.8. The Balaban J connectivity index is 0.000000104. The number of aryl methyl sites for hydroxylation is 4. The number of carbonyl (C=O) groups excluding carboxylic acids is 4. The number of benzene rings is 12. The number of amides is 4. The van der Waals surface area contributed by atoms with Crippen molar-refractivity contribution in [3.8, 4) is 44.5 Å². The molecule has 12 aromatic carbocycles. The van der Waals surface area contributed by atoms with Crippen LogP contribution in [0.3, 0.4) is 0 Å². The fraction of sp³-hybridized carbons (Fsp3) is 0.216. The molecule has 2 N–H and O–H groups in total. The molecule has 27 heteroatoms. The van der Waals surface area contributed by atoms with Crippen molar-refractivity contribution in [2.75, 3.05) is 46.3 Å². The Labute approximate surface area is 735 Å². The Morgan fingerprint density at radius 3 is 1.01 bits per heavy atom. The smallest absolute Gasteiger partial charge is 0.252 e. The van der Waals surface area contributed by atoms with Crippen LogP contribution in [0.4, 0.5) is 57.9 Å². The summed E-state index contributed by atoms with van der Waals surface area (Å²) < 4.78 is 128. The van der Waals surface area contributed by atoms with E-state index in [1.165, 1.54) is 63.2 Å². The van der Waals surface area contributed by atoms with Gasteiger partial charge in [-0.2, -0.15) is 20.4 Å². The highest BCUT2D eigenvalue weighted by atomic mass is 19.2. The van der Waals surface area contributed by atoms with E-state index in [1.54, 1.807) is 29.7 Å². The van der Waals surface area contributed by atoms with Gasteiger partial charge >= 0.3 is 0 Å². The van der Waals surface area contributed by atoms with Crippen LogP contribution >= 0.6 is 0 Å². The molecule has 1 saturated carbocycles. The summed E-state index contributed by atoms with van der Waals surface area (Å²) in [5.41, 5.74) is 11.1. The molecular weight excluding hydrogens is 1650 g/mol. The van der Waals surface area contributed by atoms with E-state index in [0.717, 1.165) is 116 Å². The lowest BCUT2D eigenvalue weighted by atomic mass is 9.65. The normalized spacial score (nSPS) is 19.0. The second-order valence-corrected chi connectivity index (χ2v) is 34.7. The maximum Gasteiger partial charge on any atom is 0.252 e. The maximum atomic E-state index is 15.3. The van der Waals surface area contributed by atoms with E-state index >= 15 is 35.1 Å². The Morgan fingerprint density at radius 2 is 0.651 bits per heavy atom. The highest BCUT2D eigenvalue weighted by molar-refractivity contribution is 6.12. The molecule has 3 saturated heterocycles. The minimum absolute atomic E-state index is 0.0464. The van der Waals surface area contributed by atoms with Gasteiger partial charge in [0.25, 0.3) is 17.7 Å². The van der Waals surface area contributed by atoms with Crippen LogP contribution in [0.1, 0.15) is 83.0 Å². The van der Waals surface area contributed by atoms with Crippen molar-refractivity contribution in [2.24, 2.45) is 28.2 Å². The maximum absolute atomic E-state index is 15.3. The van der Waals surface area contributed by atoms with Gasteiger partial charge in [0.1, 0.15) is 63.2 Å². The van der Waals surface area contributed by atoms with Gasteiger partial charge in [0.15, 0.2) is 0 Å². The third-order valence-corrected chi connectivity index (χ3v) is 27.3. The summed E-state index contributed by atoms with van der Waals surface area (Å²) in [6, 6.07) is 62.8. The first-order chi connectivity index (χ1) is 62.3. The topological polar surface area (TPSA) is 180 Å². The van der Waals surface area contributed by atoms with Crippen LogP contribution in [-0.2, 0) is 95.6 Å². The number of fused-ring (bicyclic) bond motifs is 12. The van der Waals surface area contributed by atoms with Crippen molar-refractivity contribution in [3.63, 3.8) is 0 Å². The zero-order valence-electron chi connectivity index (χ0n) is 70.8. The average Bonchev–Trinajstić information content (AvgIpc) is 1.56. The van der Waals surface area contributed by atoms with Gasteiger partial charge in [-0.1, -0.05) is 116 Å². The summed E-state index contributed by atoms with van der Waals surface area (Å²) in [6.07, 6.45) is 12.0. The van der Waals surface area contributed by atoms with E-state index in [4.69, 9.17) is 0 Å². The summed E-state index contributed by atoms with van der Waals surface area (Å²) in [5, 5.41) is 27.3. The van der Waals surface area contributed by atoms with Crippen LogP contribution in [0.2, 0.25) is 0 Å². The molecule has 4 amide bonds. The van der Waals surface area contributed by atoms with Crippen molar-refractivity contribution in [2.45, 2.75) is 86.7 Å². The number of likely N-dealkylation sites (N-methyl/N-ethyl adjacent to an activating group) is 1. The van der Waals surface area contributed by atoms with Crippen LogP contribution in [0.15, 0.2) is 243 Å². The third-order valence-electron chi connectivity index (χ3n) is 27.3. The summed E-state index contributed by atoms with van der Waals surface area (Å²) in [4.78, 5) is 61.3. The van der Waals surface area contributed by atoms with Crippen LogP contribution in [0.5, 0.6) is 0 Å². The van der Waals surface area contributed by atoms with Crippen molar-refractivity contribution in [1.82, 2.24) is 54.7 Å². The van der Waals surface area contributed by atoms with Crippen LogP contribution < -0.4 is 30.2 Å². The van der Waals surface area contributed by atoms with Crippen LogP contribution in [0, 0.1) is 46.5 Å². The van der Waals surface area contributed by atoms with Gasteiger partial charge in [0.2, 0.25) is 5.91 Å². The highest BCUT2D eigenvalue weighted by Gasteiger charge is 2.60. The van der Waals surface area contributed by atoms with Crippen molar-refractivity contribution in [1.29, 1.82) is 0 Å². The van der Waals surface area contributed by atoms with E-state index in [-0.39, 0.29) is 72.1 Å². The number of likely N-dealkylation sites (tertiary alicyclic amines) is 1. The van der Waals surface area contributed by atoms with Gasteiger partial charge in [-0.05, 0) is 212 Å². The Bertz CT molecular complexity index is 7080. The fourth-order valence-electron chi connectivity index (χ4n) is 20.3. The van der Waals surface area contributed by atoms with E-state index in [9.17, 15) is 19.2 Å². The lowest BCUT2D eigenvalue weighted by molar-refractivity contribution is -0.137. The van der Waals surface area contributed by atoms with Gasteiger partial charge in [-0.25, -0.2) is 35.1 Å². The monoisotopic (exact) mass is 1730 g/mol. The molecule has 7 aliphatic heterocycles. The molecule has 4 aromatic heterocycles. The number of hydrogen-bond acceptors (Lipinski definition) is 11. The molecule has 3 atom stereocenters. The number of rotatable bonds is 12. The molecule has 24 rings (SSSR count). The fourth-order valence-corrected chi connectivity index (χ4v) is 20.3. The number of para-hydroxylation sites is 4. The summed E-state index contributed by atoms with van der Waals surface area (Å²) >= 11 is 0.